The van der Waals surface area contributed by atoms with Crippen LogP contribution in [0.4, 0.5) is 0 Å². The first-order valence-corrected chi connectivity index (χ1v) is 5.97. The van der Waals surface area contributed by atoms with E-state index in [2.05, 4.69) is 35.3 Å². The van der Waals surface area contributed by atoms with Gasteiger partial charge in [-0.25, -0.2) is 0 Å². The van der Waals surface area contributed by atoms with E-state index >= 15 is 0 Å². The predicted octanol–water partition coefficient (Wildman–Crippen LogP) is 3.63. The van der Waals surface area contributed by atoms with Crippen LogP contribution in [0.1, 0.15) is 24.0 Å². The quantitative estimate of drug-likeness (QED) is 0.699. The molecule has 1 aromatic heterocycles. The van der Waals surface area contributed by atoms with Gasteiger partial charge in [0.25, 0.3) is 0 Å². The van der Waals surface area contributed by atoms with Crippen molar-refractivity contribution in [3.05, 3.63) is 53.7 Å². The van der Waals surface area contributed by atoms with Crippen molar-refractivity contribution in [2.45, 2.75) is 25.7 Å². The van der Waals surface area contributed by atoms with Gasteiger partial charge in [0, 0.05) is 11.8 Å². The largest absolute Gasteiger partial charge is 0.256 e. The van der Waals surface area contributed by atoms with E-state index in [0.29, 0.717) is 0 Å². The Morgan fingerprint density at radius 1 is 0.875 bits per heavy atom. The minimum absolute atomic E-state index is 1.11. The van der Waals surface area contributed by atoms with Crippen molar-refractivity contribution in [3.63, 3.8) is 0 Å². The van der Waals surface area contributed by atoms with Gasteiger partial charge in [-0.3, -0.25) is 4.98 Å². The zero-order valence-electron chi connectivity index (χ0n) is 9.32. The van der Waals surface area contributed by atoms with Crippen LogP contribution in [0, 0.1) is 0 Å². The van der Waals surface area contributed by atoms with Crippen LogP contribution in [0.25, 0.3) is 11.3 Å². The second-order valence-electron chi connectivity index (χ2n) is 4.37. The summed E-state index contributed by atoms with van der Waals surface area (Å²) in [4.78, 5) is 4.46. The minimum Gasteiger partial charge on any atom is -0.256 e. The van der Waals surface area contributed by atoms with Gasteiger partial charge in [0.1, 0.15) is 0 Å². The maximum atomic E-state index is 4.46. The SMILES string of the molecule is c1ccc(-c2cccc3c2CCCC3)nc1. The summed E-state index contributed by atoms with van der Waals surface area (Å²) in [5, 5.41) is 0. The Morgan fingerprint density at radius 2 is 1.81 bits per heavy atom. The number of rotatable bonds is 1. The highest BCUT2D eigenvalue weighted by molar-refractivity contribution is 5.65. The second-order valence-corrected chi connectivity index (χ2v) is 4.37. The molecular formula is C15H15N. The molecule has 0 saturated heterocycles. The Morgan fingerprint density at radius 3 is 2.69 bits per heavy atom. The molecule has 16 heavy (non-hydrogen) atoms. The molecule has 0 saturated carbocycles. The lowest BCUT2D eigenvalue weighted by Gasteiger charge is -2.18. The fourth-order valence-electron chi connectivity index (χ4n) is 2.54. The highest BCUT2D eigenvalue weighted by Crippen LogP contribution is 2.30. The summed E-state index contributed by atoms with van der Waals surface area (Å²) >= 11 is 0. The molecule has 1 aromatic carbocycles. The molecule has 1 nitrogen and oxygen atoms in total. The van der Waals surface area contributed by atoms with E-state index < -0.39 is 0 Å². The maximum Gasteiger partial charge on any atom is 0.0704 e. The Kier molecular flexibility index (Phi) is 2.45. The molecular weight excluding hydrogens is 194 g/mol. The first-order chi connectivity index (χ1) is 7.95. The molecule has 0 spiro atoms. The van der Waals surface area contributed by atoms with Crippen LogP contribution in [0.5, 0.6) is 0 Å². The van der Waals surface area contributed by atoms with Gasteiger partial charge in [0.2, 0.25) is 0 Å². The Balaban J connectivity index is 2.14. The molecule has 0 radical (unpaired) electrons. The van der Waals surface area contributed by atoms with Crippen molar-refractivity contribution in [1.82, 2.24) is 4.98 Å². The number of nitrogens with zero attached hydrogens (tertiary/aromatic N) is 1. The monoisotopic (exact) mass is 209 g/mol. The molecule has 1 heteroatoms. The van der Waals surface area contributed by atoms with Crippen molar-refractivity contribution < 1.29 is 0 Å². The number of aromatic nitrogens is 1. The summed E-state index contributed by atoms with van der Waals surface area (Å²) in [6.45, 7) is 0. The van der Waals surface area contributed by atoms with E-state index in [0.717, 1.165) is 5.69 Å². The molecule has 2 aromatic rings. The highest BCUT2D eigenvalue weighted by atomic mass is 14.7. The van der Waals surface area contributed by atoms with Crippen molar-refractivity contribution in [2.75, 3.05) is 0 Å². The van der Waals surface area contributed by atoms with E-state index in [4.69, 9.17) is 0 Å². The van der Waals surface area contributed by atoms with Crippen molar-refractivity contribution in [1.29, 1.82) is 0 Å². The van der Waals surface area contributed by atoms with Crippen LogP contribution in [0.15, 0.2) is 42.6 Å². The number of hydrogen-bond acceptors (Lipinski definition) is 1. The summed E-state index contributed by atoms with van der Waals surface area (Å²) in [5.74, 6) is 0. The van der Waals surface area contributed by atoms with Crippen LogP contribution < -0.4 is 0 Å². The number of aryl methyl sites for hydroxylation is 1. The molecule has 0 atom stereocenters. The molecule has 1 aliphatic carbocycles. The predicted molar refractivity (Wildman–Crippen MR) is 66.3 cm³/mol. The summed E-state index contributed by atoms with van der Waals surface area (Å²) < 4.78 is 0. The Labute approximate surface area is 96.2 Å². The van der Waals surface area contributed by atoms with Gasteiger partial charge < -0.3 is 0 Å². The van der Waals surface area contributed by atoms with Crippen molar-refractivity contribution in [3.8, 4) is 11.3 Å². The summed E-state index contributed by atoms with van der Waals surface area (Å²) in [5.41, 5.74) is 5.49. The topological polar surface area (TPSA) is 12.9 Å². The summed E-state index contributed by atoms with van der Waals surface area (Å²) in [6.07, 6.45) is 6.96. The van der Waals surface area contributed by atoms with Crippen LogP contribution in [-0.4, -0.2) is 4.98 Å². The lowest BCUT2D eigenvalue weighted by atomic mass is 9.87. The van der Waals surface area contributed by atoms with Gasteiger partial charge in [-0.1, -0.05) is 24.3 Å². The van der Waals surface area contributed by atoms with E-state index in [1.807, 2.05) is 12.3 Å². The van der Waals surface area contributed by atoms with E-state index in [1.54, 1.807) is 0 Å². The highest BCUT2D eigenvalue weighted by Gasteiger charge is 2.13. The molecule has 1 heterocycles. The van der Waals surface area contributed by atoms with E-state index in [9.17, 15) is 0 Å². The average molecular weight is 209 g/mol. The molecule has 1 aliphatic rings. The summed E-state index contributed by atoms with van der Waals surface area (Å²) in [7, 11) is 0. The molecule has 0 N–H and O–H groups in total. The normalized spacial score (nSPS) is 14.5. The molecule has 0 fully saturated rings. The molecule has 80 valence electrons. The van der Waals surface area contributed by atoms with Gasteiger partial charge in [-0.2, -0.15) is 0 Å². The maximum absolute atomic E-state index is 4.46. The first-order valence-electron chi connectivity index (χ1n) is 5.97. The lowest BCUT2D eigenvalue weighted by molar-refractivity contribution is 0.686. The molecule has 0 unspecified atom stereocenters. The average Bonchev–Trinajstić information content (AvgIpc) is 2.39. The van der Waals surface area contributed by atoms with Crippen LogP contribution in [-0.2, 0) is 12.8 Å². The molecule has 0 amide bonds. The fraction of sp³-hybridized carbons (Fsp3) is 0.267. The molecule has 0 bridgehead atoms. The fourth-order valence-corrected chi connectivity index (χ4v) is 2.54. The van der Waals surface area contributed by atoms with Crippen LogP contribution in [0.3, 0.4) is 0 Å². The van der Waals surface area contributed by atoms with Gasteiger partial charge in [-0.15, -0.1) is 0 Å². The minimum atomic E-state index is 1.11. The molecule has 0 aliphatic heterocycles. The van der Waals surface area contributed by atoms with E-state index in [1.165, 1.54) is 42.4 Å². The third kappa shape index (κ3) is 1.63. The lowest BCUT2D eigenvalue weighted by Crippen LogP contribution is -2.04. The van der Waals surface area contributed by atoms with Gasteiger partial charge in [0.15, 0.2) is 0 Å². The smallest absolute Gasteiger partial charge is 0.0704 e. The Hall–Kier alpha value is -1.63. The first kappa shape index (κ1) is 9.59. The standard InChI is InChI=1S/C15H15N/c1-2-8-13-12(6-1)7-5-9-14(13)15-10-3-4-11-16-15/h3-5,7,9-11H,1-2,6,8H2. The van der Waals surface area contributed by atoms with Gasteiger partial charge in [-0.05, 0) is 48.9 Å². The number of hydrogen-bond donors (Lipinski definition) is 0. The third-order valence-electron chi connectivity index (χ3n) is 3.34. The number of fused-ring (bicyclic) bond motifs is 1. The number of pyridine rings is 1. The Bertz CT molecular complexity index is 488. The van der Waals surface area contributed by atoms with Crippen molar-refractivity contribution in [2.24, 2.45) is 0 Å². The van der Waals surface area contributed by atoms with Crippen molar-refractivity contribution >= 4 is 0 Å². The molecule has 3 rings (SSSR count). The van der Waals surface area contributed by atoms with Gasteiger partial charge in [0.05, 0.1) is 5.69 Å². The van der Waals surface area contributed by atoms with Crippen LogP contribution in [0.2, 0.25) is 0 Å². The van der Waals surface area contributed by atoms with Crippen LogP contribution >= 0.6 is 0 Å². The number of benzene rings is 1. The van der Waals surface area contributed by atoms with E-state index in [-0.39, 0.29) is 0 Å². The summed E-state index contributed by atoms with van der Waals surface area (Å²) in [6, 6.07) is 12.8. The zero-order valence-corrected chi connectivity index (χ0v) is 9.32. The third-order valence-corrected chi connectivity index (χ3v) is 3.34. The second kappa shape index (κ2) is 4.09. The van der Waals surface area contributed by atoms with Gasteiger partial charge >= 0.3 is 0 Å². The zero-order chi connectivity index (χ0) is 10.8.